The molecule has 0 spiro atoms. The molecule has 2 aromatic carbocycles. The van der Waals surface area contributed by atoms with Gasteiger partial charge in [-0.3, -0.25) is 9.78 Å². The number of anilines is 1. The molecule has 164 valence electrons. The molecule has 2 N–H and O–H groups in total. The molecule has 3 rings (SSSR count). The zero-order valence-electron chi connectivity index (χ0n) is 16.7. The summed E-state index contributed by atoms with van der Waals surface area (Å²) in [6, 6.07) is 5.71. The first-order valence-electron chi connectivity index (χ1n) is 9.07. The number of amides is 1. The first kappa shape index (κ1) is 23.1. The number of fused-ring (bicyclic) bond motifs is 1. The third-order valence-corrected chi connectivity index (χ3v) is 5.44. The highest BCUT2D eigenvalue weighted by molar-refractivity contribution is 7.99. The van der Waals surface area contributed by atoms with E-state index in [1.807, 2.05) is 13.2 Å². The van der Waals surface area contributed by atoms with Crippen LogP contribution in [0.5, 0.6) is 0 Å². The Hall–Kier alpha value is -2.52. The monoisotopic (exact) mass is 471 g/mol. The Kier molecular flexibility index (Phi) is 6.66. The molecule has 0 bridgehead atoms. The molecule has 0 saturated heterocycles. The van der Waals surface area contributed by atoms with Crippen molar-refractivity contribution < 1.29 is 22.4 Å². The molecule has 3 aromatic rings. The number of hydrogen-bond acceptors (Lipinski definition) is 4. The average molecular weight is 472 g/mol. The average Bonchev–Trinajstić information content (AvgIpc) is 2.68. The maximum atomic E-state index is 14.5. The molecule has 31 heavy (non-hydrogen) atoms. The first-order valence-corrected chi connectivity index (χ1v) is 10.7. The summed E-state index contributed by atoms with van der Waals surface area (Å²) in [5, 5.41) is 2.49. The van der Waals surface area contributed by atoms with Crippen molar-refractivity contribution in [2.24, 2.45) is 0 Å². The predicted molar refractivity (Wildman–Crippen MR) is 116 cm³/mol. The van der Waals surface area contributed by atoms with Crippen LogP contribution in [0.3, 0.4) is 0 Å². The Bertz CT molecular complexity index is 1150. The number of hydrogen-bond donors (Lipinski definition) is 2. The van der Waals surface area contributed by atoms with Crippen LogP contribution < -0.4 is 10.0 Å². The highest BCUT2D eigenvalue weighted by atomic mass is 35.5. The standard InChI is InChI=1S/C21H18ClF4N3OS/c1-10-4-14(17(23)8-18(10)29-31-3)11(2)28-20(30)13-5-12-6-16(22)15(21(24,25)26)7-19(12)27-9-13/h4-9,11,29H,1-3H3,(H,28,30). The SMILES string of the molecule is CSNc1cc(F)c(C(C)NC(=O)c2cnc3cc(C(F)(F)F)c(Cl)cc3c2)cc1C. The summed E-state index contributed by atoms with van der Waals surface area (Å²) in [6.07, 6.45) is -1.62. The van der Waals surface area contributed by atoms with Crippen molar-refractivity contribution in [1.29, 1.82) is 0 Å². The van der Waals surface area contributed by atoms with Gasteiger partial charge in [-0.05, 0) is 49.7 Å². The van der Waals surface area contributed by atoms with Crippen LogP contribution in [0, 0.1) is 12.7 Å². The Morgan fingerprint density at radius 1 is 1.19 bits per heavy atom. The van der Waals surface area contributed by atoms with E-state index in [2.05, 4.69) is 15.0 Å². The summed E-state index contributed by atoms with van der Waals surface area (Å²) in [5.74, 6) is -1.01. The molecule has 0 saturated carbocycles. The van der Waals surface area contributed by atoms with E-state index in [1.54, 1.807) is 13.0 Å². The molecule has 1 unspecified atom stereocenters. The lowest BCUT2D eigenvalue weighted by Gasteiger charge is -2.18. The van der Waals surface area contributed by atoms with Gasteiger partial charge in [0.05, 0.1) is 27.7 Å². The van der Waals surface area contributed by atoms with Crippen molar-refractivity contribution in [2.45, 2.75) is 26.1 Å². The van der Waals surface area contributed by atoms with Gasteiger partial charge in [0.1, 0.15) is 5.82 Å². The fourth-order valence-corrected chi connectivity index (χ4v) is 3.82. The molecule has 0 fully saturated rings. The van der Waals surface area contributed by atoms with E-state index in [0.717, 1.165) is 17.7 Å². The number of pyridine rings is 1. The number of aromatic nitrogens is 1. The summed E-state index contributed by atoms with van der Waals surface area (Å²) in [7, 11) is 0. The van der Waals surface area contributed by atoms with E-state index < -0.39 is 34.5 Å². The van der Waals surface area contributed by atoms with E-state index in [-0.39, 0.29) is 16.5 Å². The third kappa shape index (κ3) is 5.04. The van der Waals surface area contributed by atoms with Crippen molar-refractivity contribution in [3.63, 3.8) is 0 Å². The lowest BCUT2D eigenvalue weighted by molar-refractivity contribution is -0.137. The summed E-state index contributed by atoms with van der Waals surface area (Å²) in [6.45, 7) is 3.46. The molecule has 10 heteroatoms. The van der Waals surface area contributed by atoms with Gasteiger partial charge < -0.3 is 10.0 Å². The Balaban J connectivity index is 1.85. The van der Waals surface area contributed by atoms with Gasteiger partial charge in [-0.25, -0.2) is 4.39 Å². The fraction of sp³-hybridized carbons (Fsp3) is 0.238. The molecule has 1 heterocycles. The zero-order chi connectivity index (χ0) is 22.9. The number of halogens is 5. The number of benzene rings is 2. The minimum absolute atomic E-state index is 0.0554. The topological polar surface area (TPSA) is 54.0 Å². The van der Waals surface area contributed by atoms with Crippen LogP contribution in [0.2, 0.25) is 5.02 Å². The molecule has 0 radical (unpaired) electrons. The minimum Gasteiger partial charge on any atom is -0.345 e. The number of rotatable bonds is 5. The van der Waals surface area contributed by atoms with E-state index in [4.69, 9.17) is 11.6 Å². The molecule has 0 aliphatic heterocycles. The maximum Gasteiger partial charge on any atom is 0.417 e. The molecule has 1 amide bonds. The summed E-state index contributed by atoms with van der Waals surface area (Å²) >= 11 is 7.09. The van der Waals surface area contributed by atoms with Crippen LogP contribution in [0.1, 0.15) is 40.0 Å². The quantitative estimate of drug-likeness (QED) is 0.328. The Morgan fingerprint density at radius 2 is 1.90 bits per heavy atom. The van der Waals surface area contributed by atoms with Gasteiger partial charge >= 0.3 is 6.18 Å². The number of nitrogens with one attached hydrogen (secondary N) is 2. The van der Waals surface area contributed by atoms with E-state index >= 15 is 0 Å². The molecule has 0 aliphatic carbocycles. The number of alkyl halides is 3. The van der Waals surface area contributed by atoms with Gasteiger partial charge in [0, 0.05) is 29.1 Å². The van der Waals surface area contributed by atoms with Crippen LogP contribution in [0.25, 0.3) is 10.9 Å². The second-order valence-electron chi connectivity index (χ2n) is 6.94. The van der Waals surface area contributed by atoms with Crippen molar-refractivity contribution in [2.75, 3.05) is 11.0 Å². The molecule has 1 atom stereocenters. The predicted octanol–water partition coefficient (Wildman–Crippen LogP) is 6.54. The van der Waals surface area contributed by atoms with Crippen LogP contribution >= 0.6 is 23.5 Å². The largest absolute Gasteiger partial charge is 0.417 e. The lowest BCUT2D eigenvalue weighted by Crippen LogP contribution is -2.27. The lowest BCUT2D eigenvalue weighted by atomic mass is 10.0. The van der Waals surface area contributed by atoms with Gasteiger partial charge in [-0.2, -0.15) is 13.2 Å². The Labute approximate surface area is 185 Å². The van der Waals surface area contributed by atoms with Gasteiger partial charge in [-0.1, -0.05) is 23.5 Å². The zero-order valence-corrected chi connectivity index (χ0v) is 18.3. The van der Waals surface area contributed by atoms with Gasteiger partial charge in [0.15, 0.2) is 0 Å². The highest BCUT2D eigenvalue weighted by Crippen LogP contribution is 2.36. The van der Waals surface area contributed by atoms with Crippen molar-refractivity contribution in [3.8, 4) is 0 Å². The highest BCUT2D eigenvalue weighted by Gasteiger charge is 2.33. The number of nitrogens with zero attached hydrogens (tertiary/aromatic N) is 1. The van der Waals surface area contributed by atoms with Crippen molar-refractivity contribution >= 4 is 46.0 Å². The van der Waals surface area contributed by atoms with Crippen LogP contribution in [-0.4, -0.2) is 17.1 Å². The normalized spacial score (nSPS) is 12.6. The van der Waals surface area contributed by atoms with Gasteiger partial charge in [0.2, 0.25) is 0 Å². The van der Waals surface area contributed by atoms with Crippen LogP contribution in [-0.2, 0) is 6.18 Å². The molecular formula is C21H18ClF4N3OS. The summed E-state index contributed by atoms with van der Waals surface area (Å²) in [4.78, 5) is 16.6. The third-order valence-electron chi connectivity index (χ3n) is 4.71. The van der Waals surface area contributed by atoms with Crippen LogP contribution in [0.4, 0.5) is 23.2 Å². The van der Waals surface area contributed by atoms with Crippen molar-refractivity contribution in [3.05, 3.63) is 69.6 Å². The first-order chi connectivity index (χ1) is 14.5. The van der Waals surface area contributed by atoms with Gasteiger partial charge in [0.25, 0.3) is 5.91 Å². The smallest absolute Gasteiger partial charge is 0.345 e. The molecule has 4 nitrogen and oxygen atoms in total. The van der Waals surface area contributed by atoms with Crippen molar-refractivity contribution in [1.82, 2.24) is 10.3 Å². The molecule has 1 aromatic heterocycles. The van der Waals surface area contributed by atoms with E-state index in [0.29, 0.717) is 11.3 Å². The summed E-state index contributed by atoms with van der Waals surface area (Å²) < 4.78 is 56.5. The summed E-state index contributed by atoms with van der Waals surface area (Å²) in [5.41, 5.74) is 0.942. The second kappa shape index (κ2) is 8.92. The minimum atomic E-state index is -4.61. The number of carbonyl (C=O) groups excluding carboxylic acids is 1. The molecular weight excluding hydrogens is 454 g/mol. The fourth-order valence-electron chi connectivity index (χ4n) is 3.10. The molecule has 0 aliphatic rings. The van der Waals surface area contributed by atoms with E-state index in [1.165, 1.54) is 30.3 Å². The number of aryl methyl sites for hydroxylation is 1. The Morgan fingerprint density at radius 3 is 2.55 bits per heavy atom. The number of carbonyl (C=O) groups is 1. The van der Waals surface area contributed by atoms with Gasteiger partial charge in [-0.15, -0.1) is 0 Å². The second-order valence-corrected chi connectivity index (χ2v) is 7.96. The maximum absolute atomic E-state index is 14.5. The van der Waals surface area contributed by atoms with Crippen LogP contribution in [0.15, 0.2) is 36.5 Å². The van der Waals surface area contributed by atoms with E-state index in [9.17, 15) is 22.4 Å².